The number of nitrogens with zero attached hydrogens (tertiary/aromatic N) is 3. The van der Waals surface area contributed by atoms with Crippen molar-refractivity contribution in [3.63, 3.8) is 0 Å². The van der Waals surface area contributed by atoms with Gasteiger partial charge in [-0.15, -0.1) is 0 Å². The highest BCUT2D eigenvalue weighted by Gasteiger charge is 2.35. The molecule has 1 aromatic heterocycles. The fourth-order valence-corrected chi connectivity index (χ4v) is 3.21. The first-order valence-electron chi connectivity index (χ1n) is 8.15. The lowest BCUT2D eigenvalue weighted by Gasteiger charge is -2.28. The van der Waals surface area contributed by atoms with Gasteiger partial charge in [0.25, 0.3) is 0 Å². The molecule has 3 rings (SSSR count). The number of hydrogen-bond acceptors (Lipinski definition) is 5. The summed E-state index contributed by atoms with van der Waals surface area (Å²) in [6.45, 7) is 8.42. The van der Waals surface area contributed by atoms with Gasteiger partial charge < -0.3 is 15.3 Å². The Balaban J connectivity index is 1.99. The molecule has 2 atom stereocenters. The van der Waals surface area contributed by atoms with Crippen molar-refractivity contribution in [3.8, 4) is 0 Å². The molecule has 2 N–H and O–H groups in total. The minimum atomic E-state index is 0.181. The third-order valence-corrected chi connectivity index (χ3v) is 4.77. The van der Waals surface area contributed by atoms with Crippen LogP contribution in [0.4, 0.5) is 11.6 Å². The van der Waals surface area contributed by atoms with E-state index < -0.39 is 0 Å². The normalized spacial score (nSPS) is 25.4. The van der Waals surface area contributed by atoms with Crippen molar-refractivity contribution in [2.24, 2.45) is 5.92 Å². The van der Waals surface area contributed by atoms with E-state index in [1.807, 2.05) is 0 Å². The molecule has 1 saturated carbocycles. The van der Waals surface area contributed by atoms with E-state index in [1.54, 1.807) is 0 Å². The summed E-state index contributed by atoms with van der Waals surface area (Å²) in [4.78, 5) is 11.9. The van der Waals surface area contributed by atoms with Gasteiger partial charge in [0.1, 0.15) is 17.5 Å². The monoisotopic (exact) mass is 290 g/mol. The van der Waals surface area contributed by atoms with Gasteiger partial charge >= 0.3 is 0 Å². The standard InChI is InChI=1S/C16H26N4O/c1-4-17-14-11(3)16(19-15(18-14)12-5-6-12)20-8-7-10(2)13(20)9-21/h10,12-13,21H,4-9H2,1-3H3,(H,17,18,19). The minimum Gasteiger partial charge on any atom is -0.394 e. The Morgan fingerprint density at radius 1 is 1.29 bits per heavy atom. The Morgan fingerprint density at radius 2 is 2.05 bits per heavy atom. The quantitative estimate of drug-likeness (QED) is 0.871. The SMILES string of the molecule is CCNc1nc(C2CC2)nc(N2CCC(C)C2CO)c1C. The number of rotatable bonds is 5. The van der Waals surface area contributed by atoms with E-state index in [2.05, 4.69) is 31.0 Å². The van der Waals surface area contributed by atoms with Gasteiger partial charge in [0.2, 0.25) is 0 Å². The molecule has 0 radical (unpaired) electrons. The molecule has 1 aliphatic heterocycles. The van der Waals surface area contributed by atoms with Crippen LogP contribution < -0.4 is 10.2 Å². The molecule has 0 aromatic carbocycles. The van der Waals surface area contributed by atoms with Gasteiger partial charge in [0, 0.05) is 24.6 Å². The summed E-state index contributed by atoms with van der Waals surface area (Å²) in [5.41, 5.74) is 1.11. The van der Waals surface area contributed by atoms with Crippen molar-refractivity contribution >= 4 is 11.6 Å². The van der Waals surface area contributed by atoms with E-state index in [-0.39, 0.29) is 12.6 Å². The molecule has 5 nitrogen and oxygen atoms in total. The molecule has 116 valence electrons. The number of aromatic nitrogens is 2. The number of nitrogens with one attached hydrogen (secondary N) is 1. The molecule has 0 spiro atoms. The lowest BCUT2D eigenvalue weighted by molar-refractivity contribution is 0.244. The van der Waals surface area contributed by atoms with Crippen LogP contribution >= 0.6 is 0 Å². The summed E-state index contributed by atoms with van der Waals surface area (Å²) in [5.74, 6) is 4.00. The van der Waals surface area contributed by atoms with Crippen molar-refractivity contribution in [3.05, 3.63) is 11.4 Å². The van der Waals surface area contributed by atoms with E-state index in [0.717, 1.165) is 42.5 Å². The second kappa shape index (κ2) is 5.79. The molecule has 0 bridgehead atoms. The summed E-state index contributed by atoms with van der Waals surface area (Å²) in [5, 5.41) is 13.1. The molecule has 1 saturated heterocycles. The van der Waals surface area contributed by atoms with Crippen molar-refractivity contribution in [2.45, 2.75) is 52.0 Å². The van der Waals surface area contributed by atoms with Gasteiger partial charge in [-0.05, 0) is 39.0 Å². The van der Waals surface area contributed by atoms with Crippen molar-refractivity contribution < 1.29 is 5.11 Å². The summed E-state index contributed by atoms with van der Waals surface area (Å²) in [7, 11) is 0. The molecule has 1 aliphatic carbocycles. The first-order valence-corrected chi connectivity index (χ1v) is 8.15. The lowest BCUT2D eigenvalue weighted by atomic mass is 10.0. The summed E-state index contributed by atoms with van der Waals surface area (Å²) in [6, 6.07) is 0.181. The van der Waals surface area contributed by atoms with Crippen molar-refractivity contribution in [2.75, 3.05) is 29.9 Å². The largest absolute Gasteiger partial charge is 0.394 e. The predicted molar refractivity (Wildman–Crippen MR) is 84.9 cm³/mol. The zero-order valence-electron chi connectivity index (χ0n) is 13.3. The van der Waals surface area contributed by atoms with Crippen LogP contribution in [0.5, 0.6) is 0 Å². The Kier molecular flexibility index (Phi) is 4.02. The second-order valence-electron chi connectivity index (χ2n) is 6.39. The number of anilines is 2. The van der Waals surface area contributed by atoms with E-state index in [1.165, 1.54) is 12.8 Å². The van der Waals surface area contributed by atoms with E-state index in [4.69, 9.17) is 9.97 Å². The lowest BCUT2D eigenvalue weighted by Crippen LogP contribution is -2.36. The fraction of sp³-hybridized carbons (Fsp3) is 0.750. The maximum absolute atomic E-state index is 9.72. The highest BCUT2D eigenvalue weighted by molar-refractivity contribution is 5.60. The highest BCUT2D eigenvalue weighted by atomic mass is 16.3. The summed E-state index contributed by atoms with van der Waals surface area (Å²) >= 11 is 0. The minimum absolute atomic E-state index is 0.181. The van der Waals surface area contributed by atoms with Crippen LogP contribution in [0.1, 0.15) is 50.4 Å². The molecule has 21 heavy (non-hydrogen) atoms. The van der Waals surface area contributed by atoms with Crippen LogP contribution in [0.25, 0.3) is 0 Å². The highest BCUT2D eigenvalue weighted by Crippen LogP contribution is 2.41. The zero-order chi connectivity index (χ0) is 15.0. The fourth-order valence-electron chi connectivity index (χ4n) is 3.21. The van der Waals surface area contributed by atoms with Crippen molar-refractivity contribution in [1.29, 1.82) is 0 Å². The zero-order valence-corrected chi connectivity index (χ0v) is 13.3. The number of aliphatic hydroxyl groups is 1. The first-order chi connectivity index (χ1) is 10.2. The topological polar surface area (TPSA) is 61.3 Å². The Hall–Kier alpha value is -1.36. The van der Waals surface area contributed by atoms with Crippen LogP contribution in [0.15, 0.2) is 0 Å². The van der Waals surface area contributed by atoms with Gasteiger partial charge in [-0.25, -0.2) is 9.97 Å². The van der Waals surface area contributed by atoms with E-state index in [9.17, 15) is 5.11 Å². The number of hydrogen-bond donors (Lipinski definition) is 2. The molecular formula is C16H26N4O. The number of aliphatic hydroxyl groups excluding tert-OH is 1. The van der Waals surface area contributed by atoms with Crippen LogP contribution in [0.2, 0.25) is 0 Å². The molecule has 2 unspecified atom stereocenters. The third-order valence-electron chi connectivity index (χ3n) is 4.77. The first kappa shape index (κ1) is 14.6. The molecule has 1 aromatic rings. The molecule has 2 fully saturated rings. The predicted octanol–water partition coefficient (Wildman–Crippen LogP) is 2.30. The maximum Gasteiger partial charge on any atom is 0.137 e. The smallest absolute Gasteiger partial charge is 0.137 e. The van der Waals surface area contributed by atoms with E-state index in [0.29, 0.717) is 11.8 Å². The van der Waals surface area contributed by atoms with Crippen LogP contribution in [0, 0.1) is 12.8 Å². The van der Waals surface area contributed by atoms with Crippen LogP contribution in [-0.4, -0.2) is 40.8 Å². The van der Waals surface area contributed by atoms with Crippen LogP contribution in [0.3, 0.4) is 0 Å². The summed E-state index contributed by atoms with van der Waals surface area (Å²) in [6.07, 6.45) is 3.52. The average Bonchev–Trinajstić information content (AvgIpc) is 3.25. The molecule has 5 heteroatoms. The van der Waals surface area contributed by atoms with Gasteiger partial charge in [-0.3, -0.25) is 0 Å². The molecule has 2 heterocycles. The third kappa shape index (κ3) is 2.71. The molecule has 2 aliphatic rings. The Morgan fingerprint density at radius 3 is 2.67 bits per heavy atom. The van der Waals surface area contributed by atoms with Crippen LogP contribution in [-0.2, 0) is 0 Å². The Labute approximate surface area is 126 Å². The molecular weight excluding hydrogens is 264 g/mol. The van der Waals surface area contributed by atoms with Gasteiger partial charge in [0.05, 0.1) is 12.6 Å². The van der Waals surface area contributed by atoms with E-state index >= 15 is 0 Å². The molecule has 0 amide bonds. The van der Waals surface area contributed by atoms with Gasteiger partial charge in [-0.1, -0.05) is 6.92 Å². The maximum atomic E-state index is 9.72. The van der Waals surface area contributed by atoms with Crippen molar-refractivity contribution in [1.82, 2.24) is 9.97 Å². The Bertz CT molecular complexity index is 515. The average molecular weight is 290 g/mol. The summed E-state index contributed by atoms with van der Waals surface area (Å²) < 4.78 is 0. The van der Waals surface area contributed by atoms with Gasteiger partial charge in [0.15, 0.2) is 0 Å². The second-order valence-corrected chi connectivity index (χ2v) is 6.39. The van der Waals surface area contributed by atoms with Gasteiger partial charge in [-0.2, -0.15) is 0 Å².